The number of guanidine groups is 1. The van der Waals surface area contributed by atoms with Crippen molar-refractivity contribution in [2.45, 2.75) is 32.8 Å². The monoisotopic (exact) mass is 526 g/mol. The Hall–Kier alpha value is -0.850. The molecule has 2 aliphatic heterocycles. The number of morpholine rings is 1. The van der Waals surface area contributed by atoms with Crippen LogP contribution in [0.2, 0.25) is 0 Å². The second-order valence-electron chi connectivity index (χ2n) is 8.31. The molecule has 0 aromatic rings. The van der Waals surface area contributed by atoms with Crippen molar-refractivity contribution in [3.8, 4) is 0 Å². The lowest BCUT2D eigenvalue weighted by Gasteiger charge is -2.35. The maximum Gasteiger partial charge on any atom is 0.410 e. The molecule has 0 saturated carbocycles. The van der Waals surface area contributed by atoms with Gasteiger partial charge in [0, 0.05) is 65.4 Å². The second kappa shape index (κ2) is 13.5. The molecule has 0 aromatic heterocycles. The van der Waals surface area contributed by atoms with Crippen LogP contribution in [0, 0.1) is 0 Å². The van der Waals surface area contributed by atoms with Crippen molar-refractivity contribution in [3.63, 3.8) is 0 Å². The number of nitrogens with one attached hydrogen (secondary N) is 1. The van der Waals surface area contributed by atoms with E-state index in [0.29, 0.717) is 19.0 Å². The summed E-state index contributed by atoms with van der Waals surface area (Å²) in [5, 5.41) is 3.18. The number of nitrogens with zero attached hydrogens (tertiary/aromatic N) is 4. The van der Waals surface area contributed by atoms with Crippen LogP contribution in [0.4, 0.5) is 4.79 Å². The number of carbonyl (C=O) groups excluding carboxylic acids is 1. The smallest absolute Gasteiger partial charge is 0.410 e. The van der Waals surface area contributed by atoms with Gasteiger partial charge >= 0.3 is 6.09 Å². The van der Waals surface area contributed by atoms with Gasteiger partial charge in [-0.15, -0.1) is 24.0 Å². The van der Waals surface area contributed by atoms with Gasteiger partial charge in [-0.25, -0.2) is 4.79 Å². The average Bonchev–Trinajstić information content (AvgIpc) is 2.65. The fourth-order valence-electron chi connectivity index (χ4n) is 3.20. The lowest BCUT2D eigenvalue weighted by molar-refractivity contribution is 0.0147. The Morgan fingerprint density at radius 1 is 1.07 bits per heavy atom. The van der Waals surface area contributed by atoms with Gasteiger partial charge in [-0.1, -0.05) is 0 Å². The highest BCUT2D eigenvalue weighted by Crippen LogP contribution is 2.11. The van der Waals surface area contributed by atoms with Crippen molar-refractivity contribution in [1.29, 1.82) is 0 Å². The fourth-order valence-corrected chi connectivity index (χ4v) is 3.20. The summed E-state index contributed by atoms with van der Waals surface area (Å²) in [5.74, 6) is 0.509. The molecule has 0 atom stereocenters. The predicted molar refractivity (Wildman–Crippen MR) is 126 cm³/mol. The first-order chi connectivity index (χ1) is 13.3. The number of aliphatic imine (C=N–C) groups is 1. The van der Waals surface area contributed by atoms with Crippen LogP contribution >= 0.6 is 24.0 Å². The van der Waals surface area contributed by atoms with Crippen molar-refractivity contribution >= 4 is 36.0 Å². The number of halogens is 1. The van der Waals surface area contributed by atoms with E-state index < -0.39 is 5.60 Å². The third-order valence-corrected chi connectivity index (χ3v) is 4.78. The molecule has 0 radical (unpaired) electrons. The van der Waals surface area contributed by atoms with Crippen molar-refractivity contribution in [2.24, 2.45) is 10.7 Å². The molecule has 1 amide bonds. The molecular weight excluding hydrogens is 487 g/mol. The van der Waals surface area contributed by atoms with Gasteiger partial charge in [0.2, 0.25) is 0 Å². The first-order valence-electron chi connectivity index (χ1n) is 10.4. The Balaban J connectivity index is 0.00000420. The number of ether oxygens (including phenoxy) is 2. The summed E-state index contributed by atoms with van der Waals surface area (Å²) in [6.07, 6.45) is 0.786. The van der Waals surface area contributed by atoms with Gasteiger partial charge in [-0.05, 0) is 27.2 Å². The van der Waals surface area contributed by atoms with E-state index in [4.69, 9.17) is 15.2 Å². The SMILES string of the molecule is CC(C)(C)OC(=O)N1CCN(CCNC(N)=NCCCN2CCOCC2)CC1.I. The van der Waals surface area contributed by atoms with Gasteiger partial charge in [0.05, 0.1) is 13.2 Å². The van der Waals surface area contributed by atoms with Crippen LogP contribution in [0.3, 0.4) is 0 Å². The van der Waals surface area contributed by atoms with Crippen molar-refractivity contribution in [2.75, 3.05) is 78.7 Å². The van der Waals surface area contributed by atoms with Crippen molar-refractivity contribution in [3.05, 3.63) is 0 Å². The highest BCUT2D eigenvalue weighted by molar-refractivity contribution is 14.0. The highest BCUT2D eigenvalue weighted by atomic mass is 127. The summed E-state index contributed by atoms with van der Waals surface area (Å²) >= 11 is 0. The Morgan fingerprint density at radius 2 is 1.69 bits per heavy atom. The van der Waals surface area contributed by atoms with Gasteiger partial charge in [0.15, 0.2) is 5.96 Å². The van der Waals surface area contributed by atoms with Crippen LogP contribution in [-0.2, 0) is 9.47 Å². The number of piperazine rings is 1. The topological polar surface area (TPSA) is 95.7 Å². The molecule has 2 fully saturated rings. The molecule has 29 heavy (non-hydrogen) atoms. The van der Waals surface area contributed by atoms with E-state index >= 15 is 0 Å². The Labute approximate surface area is 192 Å². The Kier molecular flexibility index (Phi) is 12.1. The van der Waals surface area contributed by atoms with Gasteiger partial charge in [0.1, 0.15) is 5.60 Å². The number of rotatable bonds is 7. The predicted octanol–water partition coefficient (Wildman–Crippen LogP) is 0.784. The molecule has 0 bridgehead atoms. The lowest BCUT2D eigenvalue weighted by Crippen LogP contribution is -2.51. The number of nitrogens with two attached hydrogens (primary N) is 1. The van der Waals surface area contributed by atoms with Gasteiger partial charge in [-0.2, -0.15) is 0 Å². The van der Waals surface area contributed by atoms with E-state index in [2.05, 4.69) is 20.1 Å². The van der Waals surface area contributed by atoms with Gasteiger partial charge < -0.3 is 25.4 Å². The summed E-state index contributed by atoms with van der Waals surface area (Å²) < 4.78 is 10.8. The molecule has 2 aliphatic rings. The largest absolute Gasteiger partial charge is 0.444 e. The second-order valence-corrected chi connectivity index (χ2v) is 8.31. The third kappa shape index (κ3) is 11.2. The first-order valence-corrected chi connectivity index (χ1v) is 10.4. The Bertz CT molecular complexity index is 501. The standard InChI is InChI=1S/C19H38N6O3.HI/c1-19(2,3)28-18(26)25-11-9-24(10-12-25)8-6-22-17(20)21-5-4-7-23-13-15-27-16-14-23;/h4-16H2,1-3H3,(H3,20,21,22);1H. The summed E-state index contributed by atoms with van der Waals surface area (Å²) in [6, 6.07) is 0. The number of hydrogen-bond acceptors (Lipinski definition) is 6. The fraction of sp³-hybridized carbons (Fsp3) is 0.895. The molecule has 2 saturated heterocycles. The minimum absolute atomic E-state index is 0. The zero-order valence-corrected chi connectivity index (χ0v) is 20.5. The van der Waals surface area contributed by atoms with Crippen molar-refractivity contribution < 1.29 is 14.3 Å². The van der Waals surface area contributed by atoms with Gasteiger partial charge in [-0.3, -0.25) is 14.8 Å². The van der Waals surface area contributed by atoms with Crippen LogP contribution in [0.1, 0.15) is 27.2 Å². The maximum absolute atomic E-state index is 12.1. The molecule has 170 valence electrons. The van der Waals surface area contributed by atoms with E-state index in [1.165, 1.54) is 0 Å². The lowest BCUT2D eigenvalue weighted by atomic mass is 10.2. The summed E-state index contributed by atoms with van der Waals surface area (Å²) in [5.41, 5.74) is 5.50. The van der Waals surface area contributed by atoms with E-state index in [9.17, 15) is 4.79 Å². The maximum atomic E-state index is 12.1. The van der Waals surface area contributed by atoms with Crippen molar-refractivity contribution in [1.82, 2.24) is 20.0 Å². The molecule has 2 heterocycles. The Morgan fingerprint density at radius 3 is 2.31 bits per heavy atom. The molecule has 0 aliphatic carbocycles. The van der Waals surface area contributed by atoms with E-state index in [0.717, 1.165) is 72.0 Å². The summed E-state index contributed by atoms with van der Waals surface area (Å²) in [7, 11) is 0. The van der Waals surface area contributed by atoms with Crippen LogP contribution < -0.4 is 11.1 Å². The quantitative estimate of drug-likeness (QED) is 0.219. The van der Waals surface area contributed by atoms with Crippen LogP contribution in [-0.4, -0.2) is 111 Å². The highest BCUT2D eigenvalue weighted by Gasteiger charge is 2.25. The molecule has 0 spiro atoms. The summed E-state index contributed by atoms with van der Waals surface area (Å²) in [6.45, 7) is 15.9. The normalized spacial score (nSPS) is 19.6. The minimum Gasteiger partial charge on any atom is -0.444 e. The van der Waals surface area contributed by atoms with Gasteiger partial charge in [0.25, 0.3) is 0 Å². The number of amides is 1. The molecular formula is C19H39IN6O3. The zero-order valence-electron chi connectivity index (χ0n) is 18.2. The molecule has 0 aromatic carbocycles. The van der Waals surface area contributed by atoms with Crippen LogP contribution in [0.5, 0.6) is 0 Å². The molecule has 10 heteroatoms. The van der Waals surface area contributed by atoms with E-state index in [1.54, 1.807) is 4.90 Å². The summed E-state index contributed by atoms with van der Waals surface area (Å²) in [4.78, 5) is 23.0. The van der Waals surface area contributed by atoms with E-state index in [-0.39, 0.29) is 30.1 Å². The van der Waals surface area contributed by atoms with Crippen LogP contribution in [0.15, 0.2) is 4.99 Å². The number of hydrogen-bond donors (Lipinski definition) is 2. The third-order valence-electron chi connectivity index (χ3n) is 4.78. The van der Waals surface area contributed by atoms with Crippen LogP contribution in [0.25, 0.3) is 0 Å². The zero-order chi connectivity index (χ0) is 20.4. The molecule has 9 nitrogen and oxygen atoms in total. The number of carbonyl (C=O) groups is 1. The van der Waals surface area contributed by atoms with E-state index in [1.807, 2.05) is 20.8 Å². The minimum atomic E-state index is -0.447. The average molecular weight is 526 g/mol. The molecule has 3 N–H and O–H groups in total. The molecule has 2 rings (SSSR count). The molecule has 0 unspecified atom stereocenters. The first kappa shape index (κ1) is 26.2.